The van der Waals surface area contributed by atoms with E-state index in [1.165, 1.54) is 0 Å². The Hall–Kier alpha value is -3.72. The lowest BCUT2D eigenvalue weighted by Crippen LogP contribution is -2.21. The van der Waals surface area contributed by atoms with Gasteiger partial charge in [0.15, 0.2) is 0 Å². The molecule has 0 amide bonds. The summed E-state index contributed by atoms with van der Waals surface area (Å²) < 4.78 is 11.0. The van der Waals surface area contributed by atoms with Crippen LogP contribution in [-0.4, -0.2) is 17.3 Å². The fourth-order valence-corrected chi connectivity index (χ4v) is 3.34. The van der Waals surface area contributed by atoms with Crippen molar-refractivity contribution in [2.75, 3.05) is 7.11 Å². The van der Waals surface area contributed by atoms with Crippen molar-refractivity contribution in [2.45, 2.75) is 12.8 Å². The summed E-state index contributed by atoms with van der Waals surface area (Å²) in [6.45, 7) is 2.02. The summed E-state index contributed by atoms with van der Waals surface area (Å²) in [7, 11) is 1.62. The zero-order chi connectivity index (χ0) is 19.0. The maximum Gasteiger partial charge on any atom is 0.244 e. The number of hydrogen-bond acceptors (Lipinski definition) is 5. The van der Waals surface area contributed by atoms with E-state index in [1.54, 1.807) is 7.11 Å². The lowest BCUT2D eigenvalue weighted by molar-refractivity contribution is 0.379. The van der Waals surface area contributed by atoms with Crippen LogP contribution in [0.5, 0.6) is 11.6 Å². The molecule has 0 unspecified atom stereocenters. The number of fused-ring (bicyclic) bond motifs is 1. The molecule has 0 fully saturated rings. The summed E-state index contributed by atoms with van der Waals surface area (Å²) in [6.07, 6.45) is 0. The largest absolute Gasteiger partial charge is 0.497 e. The standard InChI is InChI=1S/C21H18N4O2/c1-12-6-8-13(9-7-12)17-16(11-22)20(23)27-21-18(17)19(24-25-21)14-4-3-5-15(10-14)26-2/h3-10,17H,23H2,1-2H3,(H,24,25)/t17-/m0/s1. The summed E-state index contributed by atoms with van der Waals surface area (Å²) in [6, 6.07) is 17.9. The minimum absolute atomic E-state index is 0.0827. The lowest BCUT2D eigenvalue weighted by Gasteiger charge is -2.24. The quantitative estimate of drug-likeness (QED) is 0.745. The first-order chi connectivity index (χ1) is 13.1. The minimum Gasteiger partial charge on any atom is -0.497 e. The number of nitriles is 1. The van der Waals surface area contributed by atoms with Crippen LogP contribution in [0.3, 0.4) is 0 Å². The van der Waals surface area contributed by atoms with E-state index in [1.807, 2.05) is 55.5 Å². The summed E-state index contributed by atoms with van der Waals surface area (Å²) >= 11 is 0. The molecule has 0 spiro atoms. The van der Waals surface area contributed by atoms with Crippen molar-refractivity contribution < 1.29 is 9.47 Å². The van der Waals surface area contributed by atoms with E-state index < -0.39 is 0 Å². The van der Waals surface area contributed by atoms with Crippen LogP contribution in [0.15, 0.2) is 60.0 Å². The van der Waals surface area contributed by atoms with Crippen LogP contribution in [-0.2, 0) is 0 Å². The fraction of sp³-hybridized carbons (Fsp3) is 0.143. The van der Waals surface area contributed by atoms with Gasteiger partial charge in [0.05, 0.1) is 24.3 Å². The molecule has 2 heterocycles. The third-order valence-electron chi connectivity index (χ3n) is 4.71. The third-order valence-corrected chi connectivity index (χ3v) is 4.71. The molecule has 1 aliphatic rings. The second-order valence-electron chi connectivity index (χ2n) is 6.38. The van der Waals surface area contributed by atoms with Gasteiger partial charge in [-0.15, -0.1) is 5.10 Å². The number of aromatic amines is 1. The molecule has 1 aromatic heterocycles. The Morgan fingerprint density at radius 2 is 2.00 bits per heavy atom. The van der Waals surface area contributed by atoms with Crippen molar-refractivity contribution in [1.29, 1.82) is 5.26 Å². The first-order valence-electron chi connectivity index (χ1n) is 8.49. The highest BCUT2D eigenvalue weighted by Gasteiger charge is 2.35. The van der Waals surface area contributed by atoms with Crippen LogP contribution < -0.4 is 15.2 Å². The molecule has 2 aromatic carbocycles. The number of aromatic nitrogens is 2. The van der Waals surface area contributed by atoms with Gasteiger partial charge in [0.25, 0.3) is 0 Å². The summed E-state index contributed by atoms with van der Waals surface area (Å²) in [5.41, 5.74) is 10.9. The predicted octanol–water partition coefficient (Wildman–Crippen LogP) is 3.61. The summed E-state index contributed by atoms with van der Waals surface area (Å²) in [5, 5.41) is 17.1. The first-order valence-corrected chi connectivity index (χ1v) is 8.49. The van der Waals surface area contributed by atoms with Gasteiger partial charge in [0.1, 0.15) is 17.4 Å². The number of nitrogens with two attached hydrogens (primary N) is 1. The van der Waals surface area contributed by atoms with Gasteiger partial charge >= 0.3 is 0 Å². The molecule has 1 atom stereocenters. The van der Waals surface area contributed by atoms with Crippen LogP contribution in [0, 0.1) is 18.3 Å². The number of ether oxygens (including phenoxy) is 2. The van der Waals surface area contributed by atoms with Crippen LogP contribution in [0.1, 0.15) is 22.6 Å². The van der Waals surface area contributed by atoms with Gasteiger partial charge in [0, 0.05) is 5.56 Å². The Morgan fingerprint density at radius 3 is 2.70 bits per heavy atom. The minimum atomic E-state index is -0.362. The Morgan fingerprint density at radius 1 is 1.22 bits per heavy atom. The number of methoxy groups -OCH3 is 1. The third kappa shape index (κ3) is 2.79. The summed E-state index contributed by atoms with van der Waals surface area (Å²) in [4.78, 5) is 0. The van der Waals surface area contributed by atoms with E-state index in [2.05, 4.69) is 16.3 Å². The fourth-order valence-electron chi connectivity index (χ4n) is 3.34. The highest BCUT2D eigenvalue weighted by Crippen LogP contribution is 2.45. The molecular weight excluding hydrogens is 340 g/mol. The molecular formula is C21H18N4O2. The van der Waals surface area contributed by atoms with Gasteiger partial charge in [-0.25, -0.2) is 0 Å². The lowest BCUT2D eigenvalue weighted by atomic mass is 9.83. The van der Waals surface area contributed by atoms with Crippen molar-refractivity contribution in [3.05, 3.63) is 76.7 Å². The Kier molecular flexibility index (Phi) is 4.05. The van der Waals surface area contributed by atoms with Gasteiger partial charge in [-0.3, -0.25) is 5.10 Å². The number of aryl methyl sites for hydroxylation is 1. The van der Waals surface area contributed by atoms with Gasteiger partial charge in [-0.05, 0) is 24.6 Å². The topological polar surface area (TPSA) is 97.0 Å². The van der Waals surface area contributed by atoms with E-state index in [-0.39, 0.29) is 11.8 Å². The van der Waals surface area contributed by atoms with E-state index in [0.29, 0.717) is 11.5 Å². The zero-order valence-electron chi connectivity index (χ0n) is 15.0. The number of benzene rings is 2. The Labute approximate surface area is 156 Å². The molecule has 0 saturated carbocycles. The summed E-state index contributed by atoms with van der Waals surface area (Å²) in [5.74, 6) is 0.837. The second-order valence-corrected chi connectivity index (χ2v) is 6.38. The molecule has 3 N–H and O–H groups in total. The average Bonchev–Trinajstić information content (AvgIpc) is 3.11. The highest BCUT2D eigenvalue weighted by atomic mass is 16.5. The molecule has 6 nitrogen and oxygen atoms in total. The highest BCUT2D eigenvalue weighted by molar-refractivity contribution is 5.71. The van der Waals surface area contributed by atoms with Crippen molar-refractivity contribution in [1.82, 2.24) is 10.2 Å². The van der Waals surface area contributed by atoms with E-state index >= 15 is 0 Å². The molecule has 4 rings (SSSR count). The number of rotatable bonds is 3. The first kappa shape index (κ1) is 16.7. The number of allylic oxidation sites excluding steroid dienone is 1. The van der Waals surface area contributed by atoms with Crippen molar-refractivity contribution in [3.63, 3.8) is 0 Å². The predicted molar refractivity (Wildman–Crippen MR) is 101 cm³/mol. The normalized spacial score (nSPS) is 15.7. The molecule has 6 heteroatoms. The Bertz CT molecular complexity index is 1070. The van der Waals surface area contributed by atoms with Gasteiger partial charge in [-0.2, -0.15) is 5.26 Å². The molecule has 0 radical (unpaired) electrons. The monoisotopic (exact) mass is 358 g/mol. The van der Waals surface area contributed by atoms with Crippen molar-refractivity contribution in [2.24, 2.45) is 5.73 Å². The average molecular weight is 358 g/mol. The van der Waals surface area contributed by atoms with E-state index in [0.717, 1.165) is 33.7 Å². The van der Waals surface area contributed by atoms with Gasteiger partial charge in [0.2, 0.25) is 11.8 Å². The number of H-pyrrole nitrogens is 1. The number of hydrogen-bond donors (Lipinski definition) is 2. The second kappa shape index (κ2) is 6.54. The SMILES string of the molecule is COc1cccc(-c2[nH]nc3c2[C@@H](c2ccc(C)cc2)C(C#N)=C(N)O3)c1. The molecule has 27 heavy (non-hydrogen) atoms. The zero-order valence-corrected chi connectivity index (χ0v) is 15.0. The number of nitrogens with one attached hydrogen (secondary N) is 1. The molecule has 134 valence electrons. The molecule has 3 aromatic rings. The van der Waals surface area contributed by atoms with Crippen LogP contribution >= 0.6 is 0 Å². The van der Waals surface area contributed by atoms with E-state index in [9.17, 15) is 5.26 Å². The van der Waals surface area contributed by atoms with Crippen molar-refractivity contribution in [3.8, 4) is 29.0 Å². The van der Waals surface area contributed by atoms with Gasteiger partial charge in [-0.1, -0.05) is 42.0 Å². The molecule has 1 aliphatic heterocycles. The maximum atomic E-state index is 9.74. The molecule has 0 aliphatic carbocycles. The van der Waals surface area contributed by atoms with Crippen LogP contribution in [0.2, 0.25) is 0 Å². The molecule has 0 bridgehead atoms. The van der Waals surface area contributed by atoms with Crippen LogP contribution in [0.4, 0.5) is 0 Å². The number of nitrogens with zero attached hydrogens (tertiary/aromatic N) is 2. The maximum absolute atomic E-state index is 9.74. The smallest absolute Gasteiger partial charge is 0.244 e. The van der Waals surface area contributed by atoms with Crippen LogP contribution in [0.25, 0.3) is 11.3 Å². The molecule has 0 saturated heterocycles. The van der Waals surface area contributed by atoms with Gasteiger partial charge < -0.3 is 15.2 Å². The van der Waals surface area contributed by atoms with E-state index in [4.69, 9.17) is 15.2 Å². The van der Waals surface area contributed by atoms with Crippen molar-refractivity contribution >= 4 is 0 Å². The Balaban J connectivity index is 1.93.